The highest BCUT2D eigenvalue weighted by Gasteiger charge is 2.27. The topological polar surface area (TPSA) is 86.9 Å². The third-order valence-corrected chi connectivity index (χ3v) is 6.37. The standard InChI is InChI=1S/C13H24N4O2S2/c1-3-6-14-8-12-13(10(2)15-16-12)21(18,19)17-11-5-4-7-20-9-11/h11,14,17H,3-9H2,1-2H3,(H,15,16). The molecule has 0 bridgehead atoms. The number of aromatic amines is 1. The van der Waals surface area contributed by atoms with E-state index in [9.17, 15) is 8.42 Å². The molecule has 1 saturated heterocycles. The van der Waals surface area contributed by atoms with Gasteiger partial charge in [0, 0.05) is 18.3 Å². The van der Waals surface area contributed by atoms with Gasteiger partial charge in [-0.05, 0) is 38.5 Å². The highest BCUT2D eigenvalue weighted by Crippen LogP contribution is 2.22. The van der Waals surface area contributed by atoms with Crippen molar-refractivity contribution in [1.82, 2.24) is 20.2 Å². The molecule has 1 aromatic rings. The molecule has 1 fully saturated rings. The fourth-order valence-electron chi connectivity index (χ4n) is 2.44. The lowest BCUT2D eigenvalue weighted by Gasteiger charge is -2.22. The maximum absolute atomic E-state index is 12.6. The number of hydrogen-bond donors (Lipinski definition) is 3. The molecule has 1 aliphatic rings. The Hall–Kier alpha value is -0.570. The molecule has 2 rings (SSSR count). The number of hydrogen-bond acceptors (Lipinski definition) is 5. The van der Waals surface area contributed by atoms with Crippen LogP contribution in [-0.4, -0.2) is 42.7 Å². The van der Waals surface area contributed by atoms with E-state index in [1.54, 1.807) is 18.7 Å². The zero-order chi connectivity index (χ0) is 15.3. The van der Waals surface area contributed by atoms with Crippen LogP contribution in [0.4, 0.5) is 0 Å². The molecule has 120 valence electrons. The van der Waals surface area contributed by atoms with Crippen LogP contribution >= 0.6 is 11.8 Å². The van der Waals surface area contributed by atoms with Crippen molar-refractivity contribution in [3.8, 4) is 0 Å². The highest BCUT2D eigenvalue weighted by molar-refractivity contribution is 7.99. The van der Waals surface area contributed by atoms with E-state index in [1.165, 1.54) is 0 Å². The third kappa shape index (κ3) is 4.45. The molecule has 0 radical (unpaired) electrons. The van der Waals surface area contributed by atoms with Crippen LogP contribution in [0.15, 0.2) is 4.90 Å². The minimum atomic E-state index is -3.51. The van der Waals surface area contributed by atoms with Gasteiger partial charge >= 0.3 is 0 Å². The van der Waals surface area contributed by atoms with Gasteiger partial charge in [-0.25, -0.2) is 13.1 Å². The van der Waals surface area contributed by atoms with E-state index < -0.39 is 10.0 Å². The number of thioether (sulfide) groups is 1. The zero-order valence-corrected chi connectivity index (χ0v) is 14.2. The van der Waals surface area contributed by atoms with E-state index in [0.717, 1.165) is 37.3 Å². The molecular formula is C13H24N4O2S2. The van der Waals surface area contributed by atoms with Gasteiger partial charge in [-0.15, -0.1) is 0 Å². The fourth-order valence-corrected chi connectivity index (χ4v) is 5.25. The van der Waals surface area contributed by atoms with Crippen LogP contribution in [0.25, 0.3) is 0 Å². The van der Waals surface area contributed by atoms with Crippen molar-refractivity contribution >= 4 is 21.8 Å². The van der Waals surface area contributed by atoms with Gasteiger partial charge in [0.1, 0.15) is 4.90 Å². The number of aryl methyl sites for hydroxylation is 1. The second kappa shape index (κ2) is 7.62. The van der Waals surface area contributed by atoms with E-state index in [0.29, 0.717) is 22.8 Å². The molecule has 0 saturated carbocycles. The summed E-state index contributed by atoms with van der Waals surface area (Å²) in [6.45, 7) is 5.13. The quantitative estimate of drug-likeness (QED) is 0.657. The number of rotatable bonds is 7. The average Bonchev–Trinajstić information content (AvgIpc) is 2.82. The summed E-state index contributed by atoms with van der Waals surface area (Å²) in [6.07, 6.45) is 2.97. The van der Waals surface area contributed by atoms with Crippen molar-refractivity contribution in [2.45, 2.75) is 50.6 Å². The van der Waals surface area contributed by atoms with E-state index in [-0.39, 0.29) is 6.04 Å². The SMILES string of the molecule is CCCNCc1n[nH]c(C)c1S(=O)(=O)NC1CCCSC1. The van der Waals surface area contributed by atoms with Crippen LogP contribution in [0.3, 0.4) is 0 Å². The summed E-state index contributed by atoms with van der Waals surface area (Å²) in [5, 5.41) is 10.1. The second-order valence-corrected chi connectivity index (χ2v) is 8.14. The summed E-state index contributed by atoms with van der Waals surface area (Å²) in [5.41, 5.74) is 1.16. The Kier molecular flexibility index (Phi) is 6.09. The van der Waals surface area contributed by atoms with Gasteiger partial charge in [-0.2, -0.15) is 16.9 Å². The second-order valence-electron chi connectivity index (χ2n) is 5.34. The predicted molar refractivity (Wildman–Crippen MR) is 86.0 cm³/mol. The first-order chi connectivity index (χ1) is 10.0. The number of H-pyrrole nitrogens is 1. The summed E-state index contributed by atoms with van der Waals surface area (Å²) in [6, 6.07) is 0.0273. The number of nitrogens with one attached hydrogen (secondary N) is 3. The smallest absolute Gasteiger partial charge is 0.244 e. The van der Waals surface area contributed by atoms with E-state index >= 15 is 0 Å². The lowest BCUT2D eigenvalue weighted by atomic mass is 10.2. The van der Waals surface area contributed by atoms with Crippen LogP contribution in [0.5, 0.6) is 0 Å². The van der Waals surface area contributed by atoms with Crippen molar-refractivity contribution in [2.75, 3.05) is 18.1 Å². The molecule has 21 heavy (non-hydrogen) atoms. The van der Waals surface area contributed by atoms with Gasteiger partial charge in [0.15, 0.2) is 0 Å². The van der Waals surface area contributed by atoms with Crippen molar-refractivity contribution in [3.63, 3.8) is 0 Å². The summed E-state index contributed by atoms with van der Waals surface area (Å²) in [4.78, 5) is 0.307. The molecule has 1 aromatic heterocycles. The fraction of sp³-hybridized carbons (Fsp3) is 0.769. The van der Waals surface area contributed by atoms with Crippen molar-refractivity contribution in [1.29, 1.82) is 0 Å². The van der Waals surface area contributed by atoms with E-state index in [1.807, 2.05) is 0 Å². The van der Waals surface area contributed by atoms with Crippen LogP contribution in [0.1, 0.15) is 37.6 Å². The zero-order valence-electron chi connectivity index (χ0n) is 12.6. The van der Waals surface area contributed by atoms with Gasteiger partial charge in [0.2, 0.25) is 10.0 Å². The Morgan fingerprint density at radius 2 is 2.29 bits per heavy atom. The first-order valence-electron chi connectivity index (χ1n) is 7.39. The van der Waals surface area contributed by atoms with Crippen LogP contribution in [0.2, 0.25) is 0 Å². The number of aromatic nitrogens is 2. The lowest BCUT2D eigenvalue weighted by molar-refractivity contribution is 0.540. The van der Waals surface area contributed by atoms with Gasteiger partial charge in [-0.1, -0.05) is 6.92 Å². The minimum Gasteiger partial charge on any atom is -0.311 e. The molecule has 8 heteroatoms. The van der Waals surface area contributed by atoms with Crippen molar-refractivity contribution in [2.24, 2.45) is 0 Å². The van der Waals surface area contributed by atoms with Crippen molar-refractivity contribution < 1.29 is 8.42 Å². The molecule has 6 nitrogen and oxygen atoms in total. The molecule has 1 atom stereocenters. The van der Waals surface area contributed by atoms with Gasteiger partial charge < -0.3 is 5.32 Å². The summed E-state index contributed by atoms with van der Waals surface area (Å²) in [5.74, 6) is 1.97. The van der Waals surface area contributed by atoms with Crippen LogP contribution < -0.4 is 10.0 Å². The first kappa shape index (κ1) is 16.8. The van der Waals surface area contributed by atoms with Gasteiger partial charge in [0.25, 0.3) is 0 Å². The predicted octanol–water partition coefficient (Wildman–Crippen LogP) is 1.39. The average molecular weight is 332 g/mol. The molecule has 0 spiro atoms. The Morgan fingerprint density at radius 3 is 2.95 bits per heavy atom. The Bertz CT molecular complexity index is 551. The van der Waals surface area contributed by atoms with E-state index in [2.05, 4.69) is 27.2 Å². The minimum absolute atomic E-state index is 0.0273. The maximum Gasteiger partial charge on any atom is 0.244 e. The Labute approximate surface area is 130 Å². The molecule has 0 aliphatic carbocycles. The van der Waals surface area contributed by atoms with E-state index in [4.69, 9.17) is 0 Å². The van der Waals surface area contributed by atoms with Crippen LogP contribution in [0, 0.1) is 6.92 Å². The molecule has 1 aliphatic heterocycles. The maximum atomic E-state index is 12.6. The largest absolute Gasteiger partial charge is 0.311 e. The van der Waals surface area contributed by atoms with Gasteiger partial charge in [0.05, 0.1) is 11.4 Å². The molecule has 0 amide bonds. The third-order valence-electron chi connectivity index (χ3n) is 3.43. The monoisotopic (exact) mass is 332 g/mol. The molecular weight excluding hydrogens is 308 g/mol. The number of sulfonamides is 1. The normalized spacial score (nSPS) is 19.8. The first-order valence-corrected chi connectivity index (χ1v) is 10.0. The van der Waals surface area contributed by atoms with Crippen molar-refractivity contribution in [3.05, 3.63) is 11.4 Å². The van der Waals surface area contributed by atoms with Gasteiger partial charge in [-0.3, -0.25) is 5.10 Å². The Morgan fingerprint density at radius 1 is 1.48 bits per heavy atom. The molecule has 2 heterocycles. The highest BCUT2D eigenvalue weighted by atomic mass is 32.2. The lowest BCUT2D eigenvalue weighted by Crippen LogP contribution is -2.38. The summed E-state index contributed by atoms with van der Waals surface area (Å²) in [7, 11) is -3.51. The Balaban J connectivity index is 2.12. The van der Waals surface area contributed by atoms with Crippen LogP contribution in [-0.2, 0) is 16.6 Å². The summed E-state index contributed by atoms with van der Waals surface area (Å²) < 4.78 is 28.1. The molecule has 0 aromatic carbocycles. The molecule has 3 N–H and O–H groups in total. The molecule has 1 unspecified atom stereocenters. The number of nitrogens with zero attached hydrogens (tertiary/aromatic N) is 1. The summed E-state index contributed by atoms with van der Waals surface area (Å²) >= 11 is 1.80.